The minimum atomic E-state index is -0.936. The lowest BCUT2D eigenvalue weighted by Gasteiger charge is -2.15. The van der Waals surface area contributed by atoms with Crippen LogP contribution < -0.4 is 5.32 Å². The van der Waals surface area contributed by atoms with Crippen LogP contribution in [0.5, 0.6) is 0 Å². The molecule has 1 atom stereocenters. The van der Waals surface area contributed by atoms with Crippen LogP contribution in [-0.2, 0) is 9.53 Å². The average molecular weight is 148 g/mol. The van der Waals surface area contributed by atoms with Gasteiger partial charge in [-0.1, -0.05) is 0 Å². The molecule has 4 nitrogen and oxygen atoms in total. The first-order valence-corrected chi connectivity index (χ1v) is 2.80. The number of morpholine rings is 1. The number of isocyanates is 1. The normalized spacial score (nSPS) is 23.9. The number of alkyl halides is 1. The third kappa shape index (κ3) is 5.37. The summed E-state index contributed by atoms with van der Waals surface area (Å²) >= 11 is 0. The number of hydrogen-bond donors (Lipinski definition) is 2. The smallest absolute Gasteiger partial charge is 0.231 e. The molecule has 1 saturated heterocycles. The van der Waals surface area contributed by atoms with Gasteiger partial charge in [0.2, 0.25) is 6.08 Å². The summed E-state index contributed by atoms with van der Waals surface area (Å²) in [7, 11) is 0. The van der Waals surface area contributed by atoms with Gasteiger partial charge in [-0.2, -0.15) is 0 Å². The summed E-state index contributed by atoms with van der Waals surface area (Å²) < 4.78 is 16.7. The lowest BCUT2D eigenvalue weighted by molar-refractivity contribution is 0.0286. The van der Waals surface area contributed by atoms with Crippen molar-refractivity contribution in [3.63, 3.8) is 0 Å². The Kier molecular flexibility index (Phi) is 5.86. The van der Waals surface area contributed by atoms with Gasteiger partial charge in [0.15, 0.2) is 6.30 Å². The number of carbonyl (C=O) groups excluding carboxylic acids is 1. The Bertz CT molecular complexity index is 108. The molecule has 0 bridgehead atoms. The maximum atomic E-state index is 11.9. The number of halogens is 1. The second-order valence-electron chi connectivity index (χ2n) is 1.60. The Balaban J connectivity index is 0.000000236. The van der Waals surface area contributed by atoms with Crippen molar-refractivity contribution in [1.29, 1.82) is 5.41 Å². The standard InChI is InChI=1S/C4H8FNO.CHNO/c5-4-3-7-2-1-6-4;2-1-3/h4,6H,1-3H2;2H. The van der Waals surface area contributed by atoms with E-state index in [2.05, 4.69) is 5.32 Å². The maximum absolute atomic E-state index is 11.9. The lowest BCUT2D eigenvalue weighted by Crippen LogP contribution is -2.37. The van der Waals surface area contributed by atoms with Crippen molar-refractivity contribution in [3.05, 3.63) is 0 Å². The van der Waals surface area contributed by atoms with Gasteiger partial charge in [-0.25, -0.2) is 14.6 Å². The third-order valence-corrected chi connectivity index (χ3v) is 0.876. The lowest BCUT2D eigenvalue weighted by atomic mass is 10.5. The van der Waals surface area contributed by atoms with E-state index in [4.69, 9.17) is 14.9 Å². The monoisotopic (exact) mass is 148 g/mol. The Morgan fingerprint density at radius 3 is 2.60 bits per heavy atom. The molecule has 0 aromatic rings. The van der Waals surface area contributed by atoms with Gasteiger partial charge in [0.1, 0.15) is 0 Å². The molecular weight excluding hydrogens is 139 g/mol. The predicted molar refractivity (Wildman–Crippen MR) is 32.1 cm³/mol. The SMILES string of the molecule is FC1COCCN1.N=C=O. The predicted octanol–water partition coefficient (Wildman–Crippen LogP) is -0.197. The van der Waals surface area contributed by atoms with Gasteiger partial charge in [0.25, 0.3) is 0 Å². The van der Waals surface area contributed by atoms with E-state index >= 15 is 0 Å². The highest BCUT2D eigenvalue weighted by Crippen LogP contribution is 1.91. The fraction of sp³-hybridized carbons (Fsp3) is 0.800. The Morgan fingerprint density at radius 1 is 1.80 bits per heavy atom. The zero-order valence-electron chi connectivity index (χ0n) is 5.39. The zero-order valence-corrected chi connectivity index (χ0v) is 5.39. The summed E-state index contributed by atoms with van der Waals surface area (Å²) in [6, 6.07) is 0. The van der Waals surface area contributed by atoms with Gasteiger partial charge in [-0.15, -0.1) is 0 Å². The topological polar surface area (TPSA) is 62.2 Å². The highest BCUT2D eigenvalue weighted by atomic mass is 19.1. The second-order valence-corrected chi connectivity index (χ2v) is 1.60. The highest BCUT2D eigenvalue weighted by molar-refractivity contribution is 5.26. The zero-order chi connectivity index (χ0) is 7.82. The van der Waals surface area contributed by atoms with Crippen LogP contribution in [0.3, 0.4) is 0 Å². The first-order chi connectivity index (χ1) is 4.81. The highest BCUT2D eigenvalue weighted by Gasteiger charge is 2.08. The number of nitrogens with one attached hydrogen (secondary N) is 2. The van der Waals surface area contributed by atoms with E-state index in [1.54, 1.807) is 0 Å². The van der Waals surface area contributed by atoms with Gasteiger partial charge in [0.05, 0.1) is 13.2 Å². The molecule has 10 heavy (non-hydrogen) atoms. The van der Waals surface area contributed by atoms with Crippen molar-refractivity contribution in [2.75, 3.05) is 19.8 Å². The summed E-state index contributed by atoms with van der Waals surface area (Å²) in [6.45, 7) is 1.49. The minimum absolute atomic E-state index is 0.208. The van der Waals surface area contributed by atoms with Crippen LogP contribution in [0.2, 0.25) is 0 Å². The van der Waals surface area contributed by atoms with Gasteiger partial charge in [-0.3, -0.25) is 5.32 Å². The fourth-order valence-electron chi connectivity index (χ4n) is 0.533. The first kappa shape index (κ1) is 9.23. The van der Waals surface area contributed by atoms with Crippen molar-refractivity contribution in [2.24, 2.45) is 0 Å². The maximum Gasteiger partial charge on any atom is 0.231 e. The molecule has 5 heteroatoms. The number of ether oxygens (including phenoxy) is 1. The summed E-state index contributed by atoms with van der Waals surface area (Å²) in [6.07, 6.45) is -0.186. The van der Waals surface area contributed by atoms with Gasteiger partial charge >= 0.3 is 0 Å². The van der Waals surface area contributed by atoms with E-state index in [0.29, 0.717) is 13.2 Å². The van der Waals surface area contributed by atoms with Crippen molar-refractivity contribution in [2.45, 2.75) is 6.30 Å². The molecule has 0 aliphatic carbocycles. The van der Waals surface area contributed by atoms with Crippen molar-refractivity contribution in [3.8, 4) is 0 Å². The molecular formula is C5H9FN2O2. The minimum Gasteiger partial charge on any atom is -0.376 e. The van der Waals surface area contributed by atoms with E-state index in [9.17, 15) is 4.39 Å². The molecule has 0 aromatic heterocycles. The van der Waals surface area contributed by atoms with Gasteiger partial charge in [0, 0.05) is 6.54 Å². The van der Waals surface area contributed by atoms with Crippen LogP contribution in [0.15, 0.2) is 0 Å². The number of hydrogen-bond acceptors (Lipinski definition) is 4. The fourth-order valence-corrected chi connectivity index (χ4v) is 0.533. The molecule has 1 aliphatic rings. The quantitative estimate of drug-likeness (QED) is 0.284. The molecule has 2 N–H and O–H groups in total. The van der Waals surface area contributed by atoms with E-state index in [1.807, 2.05) is 0 Å². The average Bonchev–Trinajstić information content (AvgIpc) is 1.91. The molecule has 0 aromatic carbocycles. The summed E-state index contributed by atoms with van der Waals surface area (Å²) in [5.41, 5.74) is 0. The van der Waals surface area contributed by atoms with Crippen LogP contribution in [0, 0.1) is 5.41 Å². The Hall–Kier alpha value is -0.770. The van der Waals surface area contributed by atoms with Crippen LogP contribution in [0.4, 0.5) is 4.39 Å². The summed E-state index contributed by atoms with van der Waals surface area (Å²) in [5.74, 6) is 0. The van der Waals surface area contributed by atoms with Crippen LogP contribution >= 0.6 is 0 Å². The van der Waals surface area contributed by atoms with Crippen molar-refractivity contribution < 1.29 is 13.9 Å². The van der Waals surface area contributed by atoms with E-state index < -0.39 is 6.30 Å². The van der Waals surface area contributed by atoms with E-state index in [-0.39, 0.29) is 6.61 Å². The van der Waals surface area contributed by atoms with Gasteiger partial charge in [-0.05, 0) is 0 Å². The van der Waals surface area contributed by atoms with Crippen molar-refractivity contribution >= 4 is 6.08 Å². The molecule has 1 fully saturated rings. The van der Waals surface area contributed by atoms with E-state index in [1.165, 1.54) is 0 Å². The molecule has 58 valence electrons. The Labute approximate surface area is 57.9 Å². The van der Waals surface area contributed by atoms with Gasteiger partial charge < -0.3 is 4.74 Å². The van der Waals surface area contributed by atoms with E-state index in [0.717, 1.165) is 6.08 Å². The largest absolute Gasteiger partial charge is 0.376 e. The molecule has 1 aliphatic heterocycles. The molecule has 0 radical (unpaired) electrons. The molecule has 1 heterocycles. The molecule has 1 rings (SSSR count). The van der Waals surface area contributed by atoms with Crippen LogP contribution in [0.25, 0.3) is 0 Å². The molecule has 0 amide bonds. The Morgan fingerprint density at radius 2 is 2.40 bits per heavy atom. The molecule has 0 saturated carbocycles. The third-order valence-electron chi connectivity index (χ3n) is 0.876. The molecule has 0 spiro atoms. The first-order valence-electron chi connectivity index (χ1n) is 2.80. The van der Waals surface area contributed by atoms with Crippen molar-refractivity contribution in [1.82, 2.24) is 5.32 Å². The summed E-state index contributed by atoms with van der Waals surface area (Å²) in [4.78, 5) is 8.35. The van der Waals surface area contributed by atoms with Crippen LogP contribution in [-0.4, -0.2) is 32.1 Å². The summed E-state index contributed by atoms with van der Waals surface area (Å²) in [5, 5.41) is 7.99. The second kappa shape index (κ2) is 6.35. The van der Waals surface area contributed by atoms with Crippen LogP contribution in [0.1, 0.15) is 0 Å². The number of rotatable bonds is 0. The molecule has 1 unspecified atom stereocenters.